The average Bonchev–Trinajstić information content (AvgIpc) is 2.73. The second-order valence-electron chi connectivity index (χ2n) is 4.14. The number of nitrogens with zero attached hydrogens (tertiary/aromatic N) is 1. The van der Waals surface area contributed by atoms with Crippen molar-refractivity contribution in [2.45, 2.75) is 32.6 Å². The van der Waals surface area contributed by atoms with E-state index < -0.39 is 5.41 Å². The number of carbonyl (C=O) groups is 2. The lowest BCUT2D eigenvalue weighted by Gasteiger charge is -2.19. The van der Waals surface area contributed by atoms with Gasteiger partial charge in [0.15, 0.2) is 0 Å². The Labute approximate surface area is 95.2 Å². The van der Waals surface area contributed by atoms with Crippen LogP contribution in [0.5, 0.6) is 0 Å². The van der Waals surface area contributed by atoms with Gasteiger partial charge in [-0.05, 0) is 12.8 Å². The molecule has 88 valence electrons. The lowest BCUT2D eigenvalue weighted by atomic mass is 9.87. The Morgan fingerprint density at radius 3 is 2.31 bits per heavy atom. The Bertz CT molecular complexity index is 314. The van der Waals surface area contributed by atoms with Gasteiger partial charge in [-0.25, -0.2) is 0 Å². The number of amides is 2. The molecule has 2 amide bonds. The zero-order valence-corrected chi connectivity index (χ0v) is 9.51. The number of hydrogen-bond acceptors (Lipinski definition) is 3. The third-order valence-electron chi connectivity index (χ3n) is 2.89. The van der Waals surface area contributed by atoms with Crippen LogP contribution in [0.15, 0.2) is 0 Å². The molecule has 16 heavy (non-hydrogen) atoms. The molecule has 0 aromatic rings. The standard InChI is InChI=1S/C11H17N3O2/c1-9(15)13-6-7-14-10(16)11(8-12)4-2-3-5-11/h2-7H2,1H3,(H,13,15)(H,14,16). The monoisotopic (exact) mass is 223 g/mol. The van der Waals surface area contributed by atoms with Crippen LogP contribution in [0.1, 0.15) is 32.6 Å². The first-order valence-corrected chi connectivity index (χ1v) is 5.55. The van der Waals surface area contributed by atoms with Gasteiger partial charge < -0.3 is 10.6 Å². The van der Waals surface area contributed by atoms with Crippen LogP contribution in [-0.4, -0.2) is 24.9 Å². The van der Waals surface area contributed by atoms with E-state index in [-0.39, 0.29) is 11.8 Å². The molecule has 0 aromatic heterocycles. The summed E-state index contributed by atoms with van der Waals surface area (Å²) < 4.78 is 0. The molecule has 1 saturated carbocycles. The summed E-state index contributed by atoms with van der Waals surface area (Å²) in [5.41, 5.74) is -0.823. The molecule has 0 heterocycles. The number of nitrogens with one attached hydrogen (secondary N) is 2. The third-order valence-corrected chi connectivity index (χ3v) is 2.89. The summed E-state index contributed by atoms with van der Waals surface area (Å²) in [7, 11) is 0. The molecule has 1 rings (SSSR count). The fraction of sp³-hybridized carbons (Fsp3) is 0.727. The zero-order valence-electron chi connectivity index (χ0n) is 9.51. The molecular weight excluding hydrogens is 206 g/mol. The molecule has 0 radical (unpaired) electrons. The van der Waals surface area contributed by atoms with Crippen molar-refractivity contribution in [3.63, 3.8) is 0 Å². The fourth-order valence-electron chi connectivity index (χ4n) is 1.95. The summed E-state index contributed by atoms with van der Waals surface area (Å²) in [4.78, 5) is 22.4. The molecule has 1 aliphatic rings. The third kappa shape index (κ3) is 2.96. The quantitative estimate of drug-likeness (QED) is 0.673. The second-order valence-corrected chi connectivity index (χ2v) is 4.14. The van der Waals surface area contributed by atoms with E-state index in [1.807, 2.05) is 0 Å². The molecular formula is C11H17N3O2. The first-order valence-electron chi connectivity index (χ1n) is 5.55. The molecule has 2 N–H and O–H groups in total. The highest BCUT2D eigenvalue weighted by Gasteiger charge is 2.41. The number of nitriles is 1. The molecule has 0 atom stereocenters. The van der Waals surface area contributed by atoms with Gasteiger partial charge in [0.05, 0.1) is 6.07 Å². The topological polar surface area (TPSA) is 82.0 Å². The smallest absolute Gasteiger partial charge is 0.240 e. The van der Waals surface area contributed by atoms with Crippen LogP contribution >= 0.6 is 0 Å². The van der Waals surface area contributed by atoms with Gasteiger partial charge in [0, 0.05) is 20.0 Å². The van der Waals surface area contributed by atoms with E-state index in [9.17, 15) is 9.59 Å². The van der Waals surface area contributed by atoms with Crippen molar-refractivity contribution in [3.05, 3.63) is 0 Å². The van der Waals surface area contributed by atoms with Gasteiger partial charge in [0.25, 0.3) is 0 Å². The molecule has 5 nitrogen and oxygen atoms in total. The second kappa shape index (κ2) is 5.50. The molecule has 0 unspecified atom stereocenters. The van der Waals surface area contributed by atoms with Crippen molar-refractivity contribution in [1.82, 2.24) is 10.6 Å². The van der Waals surface area contributed by atoms with Crippen molar-refractivity contribution >= 4 is 11.8 Å². The Morgan fingerprint density at radius 1 is 1.25 bits per heavy atom. The van der Waals surface area contributed by atoms with Gasteiger partial charge in [0.2, 0.25) is 11.8 Å². The minimum atomic E-state index is -0.823. The van der Waals surface area contributed by atoms with Crippen molar-refractivity contribution in [2.24, 2.45) is 5.41 Å². The minimum Gasteiger partial charge on any atom is -0.355 e. The summed E-state index contributed by atoms with van der Waals surface area (Å²) in [5, 5.41) is 14.3. The number of rotatable bonds is 4. The molecule has 0 spiro atoms. The largest absolute Gasteiger partial charge is 0.355 e. The van der Waals surface area contributed by atoms with Crippen LogP contribution in [0.25, 0.3) is 0 Å². The molecule has 0 bridgehead atoms. The van der Waals surface area contributed by atoms with Crippen LogP contribution in [0.2, 0.25) is 0 Å². The lowest BCUT2D eigenvalue weighted by molar-refractivity contribution is -0.128. The van der Waals surface area contributed by atoms with Crippen LogP contribution in [0.4, 0.5) is 0 Å². The Morgan fingerprint density at radius 2 is 1.81 bits per heavy atom. The SMILES string of the molecule is CC(=O)NCCNC(=O)C1(C#N)CCCC1. The number of hydrogen-bond donors (Lipinski definition) is 2. The molecule has 0 saturated heterocycles. The maximum atomic E-state index is 11.8. The lowest BCUT2D eigenvalue weighted by Crippen LogP contribution is -2.41. The maximum Gasteiger partial charge on any atom is 0.240 e. The maximum absolute atomic E-state index is 11.8. The van der Waals surface area contributed by atoms with Crippen molar-refractivity contribution in [2.75, 3.05) is 13.1 Å². The first-order chi connectivity index (χ1) is 7.60. The summed E-state index contributed by atoms with van der Waals surface area (Å²) in [6, 6.07) is 2.13. The van der Waals surface area contributed by atoms with Crippen LogP contribution in [0.3, 0.4) is 0 Å². The Balaban J connectivity index is 2.34. The van der Waals surface area contributed by atoms with E-state index in [0.29, 0.717) is 25.9 Å². The molecule has 0 aromatic carbocycles. The molecule has 5 heteroatoms. The summed E-state index contributed by atoms with van der Waals surface area (Å²) in [6.45, 7) is 2.21. The predicted octanol–water partition coefficient (Wildman–Crippen LogP) is 0.323. The molecule has 0 aliphatic heterocycles. The van der Waals surface area contributed by atoms with E-state index in [1.54, 1.807) is 0 Å². The van der Waals surface area contributed by atoms with Gasteiger partial charge >= 0.3 is 0 Å². The van der Waals surface area contributed by atoms with Gasteiger partial charge in [-0.2, -0.15) is 5.26 Å². The normalized spacial score (nSPS) is 17.5. The zero-order chi connectivity index (χ0) is 12.0. The van der Waals surface area contributed by atoms with Gasteiger partial charge in [-0.3, -0.25) is 9.59 Å². The molecule has 1 fully saturated rings. The minimum absolute atomic E-state index is 0.120. The average molecular weight is 223 g/mol. The highest BCUT2D eigenvalue weighted by atomic mass is 16.2. The predicted molar refractivity (Wildman–Crippen MR) is 58.2 cm³/mol. The Hall–Kier alpha value is -1.57. The summed E-state index contributed by atoms with van der Waals surface area (Å²) >= 11 is 0. The molecule has 1 aliphatic carbocycles. The van der Waals surface area contributed by atoms with E-state index in [1.165, 1.54) is 6.92 Å². The first kappa shape index (κ1) is 12.5. The highest BCUT2D eigenvalue weighted by molar-refractivity contribution is 5.85. The van der Waals surface area contributed by atoms with Gasteiger partial charge in [-0.15, -0.1) is 0 Å². The van der Waals surface area contributed by atoms with Crippen LogP contribution in [-0.2, 0) is 9.59 Å². The van der Waals surface area contributed by atoms with E-state index >= 15 is 0 Å². The van der Waals surface area contributed by atoms with Crippen molar-refractivity contribution < 1.29 is 9.59 Å². The van der Waals surface area contributed by atoms with E-state index in [0.717, 1.165) is 12.8 Å². The van der Waals surface area contributed by atoms with Gasteiger partial charge in [-0.1, -0.05) is 12.8 Å². The summed E-state index contributed by atoms with van der Waals surface area (Å²) in [5.74, 6) is -0.317. The van der Waals surface area contributed by atoms with E-state index in [4.69, 9.17) is 5.26 Å². The van der Waals surface area contributed by atoms with E-state index in [2.05, 4.69) is 16.7 Å². The summed E-state index contributed by atoms with van der Waals surface area (Å²) in [6.07, 6.45) is 3.17. The Kier molecular flexibility index (Phi) is 4.29. The fourth-order valence-corrected chi connectivity index (χ4v) is 1.95. The van der Waals surface area contributed by atoms with Crippen molar-refractivity contribution in [3.8, 4) is 6.07 Å². The number of carbonyl (C=O) groups excluding carboxylic acids is 2. The van der Waals surface area contributed by atoms with Crippen molar-refractivity contribution in [1.29, 1.82) is 5.26 Å². The van der Waals surface area contributed by atoms with Gasteiger partial charge in [0.1, 0.15) is 5.41 Å². The van der Waals surface area contributed by atoms with Crippen LogP contribution in [0, 0.1) is 16.7 Å². The van der Waals surface area contributed by atoms with Crippen LogP contribution < -0.4 is 10.6 Å². The highest BCUT2D eigenvalue weighted by Crippen LogP contribution is 2.37.